The van der Waals surface area contributed by atoms with E-state index < -0.39 is 0 Å². The Bertz CT molecular complexity index is 218. The third kappa shape index (κ3) is 3.78. The fourth-order valence-corrected chi connectivity index (χ4v) is 2.50. The summed E-state index contributed by atoms with van der Waals surface area (Å²) in [6, 6.07) is 1.18. The van der Waals surface area contributed by atoms with Crippen LogP contribution in [-0.4, -0.2) is 47.4 Å². The molecule has 0 aromatic carbocycles. The Labute approximate surface area is 99.8 Å². The van der Waals surface area contributed by atoms with Gasteiger partial charge in [0.2, 0.25) is 5.91 Å². The summed E-state index contributed by atoms with van der Waals surface area (Å²) >= 11 is 0. The summed E-state index contributed by atoms with van der Waals surface area (Å²) in [6.07, 6.45) is 2.91. The second kappa shape index (κ2) is 6.24. The fraction of sp³-hybridized carbons (Fsp3) is 0.923. The van der Waals surface area contributed by atoms with Crippen LogP contribution in [0, 0.1) is 0 Å². The molecule has 0 aromatic heterocycles. The van der Waals surface area contributed by atoms with Crippen molar-refractivity contribution in [2.75, 3.05) is 19.6 Å². The Morgan fingerprint density at radius 3 is 2.31 bits per heavy atom. The van der Waals surface area contributed by atoms with Crippen LogP contribution in [0.4, 0.5) is 0 Å². The highest BCUT2D eigenvalue weighted by molar-refractivity contribution is 5.77. The first-order valence-electron chi connectivity index (χ1n) is 6.56. The van der Waals surface area contributed by atoms with Crippen LogP contribution in [0.1, 0.15) is 47.0 Å². The van der Waals surface area contributed by atoms with E-state index in [4.69, 9.17) is 0 Å². The van der Waals surface area contributed by atoms with Crippen LogP contribution in [0.2, 0.25) is 0 Å². The van der Waals surface area contributed by atoms with E-state index in [1.165, 1.54) is 0 Å². The molecule has 0 saturated carbocycles. The Morgan fingerprint density at radius 2 is 1.88 bits per heavy atom. The number of amides is 1. The van der Waals surface area contributed by atoms with E-state index in [-0.39, 0.29) is 0 Å². The first-order chi connectivity index (χ1) is 7.52. The molecule has 94 valence electrons. The molecule has 0 bridgehead atoms. The average Bonchev–Trinajstić information content (AvgIpc) is 2.57. The summed E-state index contributed by atoms with van der Waals surface area (Å²) in [5.41, 5.74) is 0. The highest BCUT2D eigenvalue weighted by Gasteiger charge is 2.20. The Morgan fingerprint density at radius 1 is 1.25 bits per heavy atom. The standard InChI is InChI=1S/C13H26N2O/c1-11(2)15(12(3)4)10-6-9-14-8-5-7-13(14)16/h11-12H,5-10H2,1-4H3. The third-order valence-electron chi connectivity index (χ3n) is 3.34. The van der Waals surface area contributed by atoms with Crippen molar-refractivity contribution in [3.63, 3.8) is 0 Å². The van der Waals surface area contributed by atoms with Crippen LogP contribution in [0.25, 0.3) is 0 Å². The molecule has 1 amide bonds. The molecular formula is C13H26N2O. The molecule has 1 aliphatic heterocycles. The minimum absolute atomic E-state index is 0.348. The number of carbonyl (C=O) groups excluding carboxylic acids is 1. The summed E-state index contributed by atoms with van der Waals surface area (Å²) in [5, 5.41) is 0. The maximum absolute atomic E-state index is 11.4. The molecule has 3 nitrogen and oxygen atoms in total. The zero-order valence-electron chi connectivity index (χ0n) is 11.2. The number of hydrogen-bond donors (Lipinski definition) is 0. The van der Waals surface area contributed by atoms with Gasteiger partial charge in [-0.05, 0) is 40.5 Å². The molecule has 1 heterocycles. The van der Waals surface area contributed by atoms with Crippen molar-refractivity contribution >= 4 is 5.91 Å². The van der Waals surface area contributed by atoms with Crippen LogP contribution >= 0.6 is 0 Å². The van der Waals surface area contributed by atoms with Gasteiger partial charge in [-0.1, -0.05) is 0 Å². The van der Waals surface area contributed by atoms with Crippen LogP contribution in [-0.2, 0) is 4.79 Å². The van der Waals surface area contributed by atoms with Gasteiger partial charge in [0, 0.05) is 38.1 Å². The molecule has 0 atom stereocenters. The molecule has 1 aliphatic rings. The van der Waals surface area contributed by atoms with Crippen LogP contribution in [0.5, 0.6) is 0 Å². The lowest BCUT2D eigenvalue weighted by Crippen LogP contribution is -2.39. The molecule has 1 rings (SSSR count). The van der Waals surface area contributed by atoms with Gasteiger partial charge in [-0.25, -0.2) is 0 Å². The average molecular weight is 226 g/mol. The molecule has 0 aliphatic carbocycles. The summed E-state index contributed by atoms with van der Waals surface area (Å²) in [5.74, 6) is 0.348. The van der Waals surface area contributed by atoms with Crippen molar-refractivity contribution in [1.29, 1.82) is 0 Å². The van der Waals surface area contributed by atoms with E-state index >= 15 is 0 Å². The topological polar surface area (TPSA) is 23.6 Å². The summed E-state index contributed by atoms with van der Waals surface area (Å²) < 4.78 is 0. The SMILES string of the molecule is CC(C)N(CCCN1CCCC1=O)C(C)C. The lowest BCUT2D eigenvalue weighted by atomic mass is 10.2. The lowest BCUT2D eigenvalue weighted by molar-refractivity contribution is -0.127. The van der Waals surface area contributed by atoms with Gasteiger partial charge in [0.1, 0.15) is 0 Å². The van der Waals surface area contributed by atoms with Gasteiger partial charge < -0.3 is 4.90 Å². The molecule has 1 saturated heterocycles. The van der Waals surface area contributed by atoms with Gasteiger partial charge in [-0.2, -0.15) is 0 Å². The fourth-order valence-electron chi connectivity index (χ4n) is 2.50. The molecule has 0 spiro atoms. The molecule has 1 fully saturated rings. The van der Waals surface area contributed by atoms with Crippen LogP contribution in [0.15, 0.2) is 0 Å². The van der Waals surface area contributed by atoms with Crippen molar-refractivity contribution in [1.82, 2.24) is 9.80 Å². The lowest BCUT2D eigenvalue weighted by Gasteiger charge is -2.31. The predicted octanol–water partition coefficient (Wildman–Crippen LogP) is 2.12. The largest absolute Gasteiger partial charge is 0.343 e. The van der Waals surface area contributed by atoms with Gasteiger partial charge in [0.05, 0.1) is 0 Å². The Hall–Kier alpha value is -0.570. The molecule has 0 unspecified atom stereocenters. The van der Waals surface area contributed by atoms with Gasteiger partial charge in [0.15, 0.2) is 0 Å². The van der Waals surface area contributed by atoms with Crippen molar-refractivity contribution in [2.45, 2.75) is 59.0 Å². The molecule has 0 radical (unpaired) electrons. The number of hydrogen-bond acceptors (Lipinski definition) is 2. The molecule has 3 heteroatoms. The third-order valence-corrected chi connectivity index (χ3v) is 3.34. The van der Waals surface area contributed by atoms with Crippen molar-refractivity contribution in [3.05, 3.63) is 0 Å². The van der Waals surface area contributed by atoms with E-state index in [2.05, 4.69) is 32.6 Å². The number of nitrogens with zero attached hydrogens (tertiary/aromatic N) is 2. The van der Waals surface area contributed by atoms with Crippen molar-refractivity contribution < 1.29 is 4.79 Å². The second-order valence-corrected chi connectivity index (χ2v) is 5.26. The second-order valence-electron chi connectivity index (χ2n) is 5.26. The normalized spacial score (nSPS) is 17.2. The minimum atomic E-state index is 0.348. The number of rotatable bonds is 6. The number of carbonyl (C=O) groups is 1. The number of likely N-dealkylation sites (tertiary alicyclic amines) is 1. The summed E-state index contributed by atoms with van der Waals surface area (Å²) in [6.45, 7) is 12.0. The van der Waals surface area contributed by atoms with E-state index in [1.54, 1.807) is 0 Å². The molecule has 16 heavy (non-hydrogen) atoms. The minimum Gasteiger partial charge on any atom is -0.343 e. The first-order valence-corrected chi connectivity index (χ1v) is 6.56. The van der Waals surface area contributed by atoms with Crippen molar-refractivity contribution in [3.8, 4) is 0 Å². The maximum Gasteiger partial charge on any atom is 0.222 e. The molecular weight excluding hydrogens is 200 g/mol. The highest BCUT2D eigenvalue weighted by atomic mass is 16.2. The van der Waals surface area contributed by atoms with E-state index in [0.29, 0.717) is 18.0 Å². The van der Waals surface area contributed by atoms with Gasteiger partial charge in [-0.15, -0.1) is 0 Å². The van der Waals surface area contributed by atoms with Crippen LogP contribution in [0.3, 0.4) is 0 Å². The zero-order chi connectivity index (χ0) is 12.1. The van der Waals surface area contributed by atoms with Gasteiger partial charge in [-0.3, -0.25) is 9.69 Å². The van der Waals surface area contributed by atoms with Crippen molar-refractivity contribution in [2.24, 2.45) is 0 Å². The highest BCUT2D eigenvalue weighted by Crippen LogP contribution is 2.11. The van der Waals surface area contributed by atoms with E-state index in [0.717, 1.165) is 38.9 Å². The predicted molar refractivity (Wildman–Crippen MR) is 67.4 cm³/mol. The Balaban J connectivity index is 2.25. The van der Waals surface area contributed by atoms with Gasteiger partial charge >= 0.3 is 0 Å². The summed E-state index contributed by atoms with van der Waals surface area (Å²) in [4.78, 5) is 15.9. The van der Waals surface area contributed by atoms with Gasteiger partial charge in [0.25, 0.3) is 0 Å². The van der Waals surface area contributed by atoms with Crippen LogP contribution < -0.4 is 0 Å². The molecule has 0 N–H and O–H groups in total. The van der Waals surface area contributed by atoms with E-state index in [1.807, 2.05) is 4.90 Å². The summed E-state index contributed by atoms with van der Waals surface area (Å²) in [7, 11) is 0. The first kappa shape index (κ1) is 13.5. The van der Waals surface area contributed by atoms with E-state index in [9.17, 15) is 4.79 Å². The molecule has 0 aromatic rings. The Kier molecular flexibility index (Phi) is 5.26. The smallest absolute Gasteiger partial charge is 0.222 e. The monoisotopic (exact) mass is 226 g/mol. The quantitative estimate of drug-likeness (QED) is 0.692. The zero-order valence-corrected chi connectivity index (χ0v) is 11.2. The maximum atomic E-state index is 11.4.